The van der Waals surface area contributed by atoms with E-state index in [1.54, 1.807) is 0 Å². The summed E-state index contributed by atoms with van der Waals surface area (Å²) in [4.78, 5) is 0. The van der Waals surface area contributed by atoms with Crippen molar-refractivity contribution in [1.82, 2.24) is 5.32 Å². The molecule has 1 aliphatic rings. The first-order valence-electron chi connectivity index (χ1n) is 3.49. The molecule has 10 heavy (non-hydrogen) atoms. The predicted molar refractivity (Wildman–Crippen MR) is 47.7 cm³/mol. The maximum atomic E-state index is 4.62. The van der Waals surface area contributed by atoms with Crippen molar-refractivity contribution in [2.75, 3.05) is 13.1 Å². The first-order chi connectivity index (χ1) is 4.73. The number of thiocarbonyl (C=S) groups is 1. The van der Waals surface area contributed by atoms with E-state index in [1.165, 1.54) is 32.4 Å². The lowest BCUT2D eigenvalue weighted by Gasteiger charge is -2.08. The molecule has 3 nitrogen and oxygen atoms in total. The summed E-state index contributed by atoms with van der Waals surface area (Å²) in [5.41, 5.74) is 9.24. The number of nitrogens with two attached hydrogens (primary N) is 2. The van der Waals surface area contributed by atoms with Gasteiger partial charge in [0.1, 0.15) is 0 Å². The van der Waals surface area contributed by atoms with Crippen molar-refractivity contribution in [3.63, 3.8) is 0 Å². The van der Waals surface area contributed by atoms with Gasteiger partial charge in [-0.3, -0.25) is 0 Å². The molecular formula is C6H15N3S. The van der Waals surface area contributed by atoms with Crippen molar-refractivity contribution in [3.05, 3.63) is 0 Å². The largest absolute Gasteiger partial charge is 0.377 e. The maximum absolute atomic E-state index is 4.62. The minimum Gasteiger partial charge on any atom is -0.377 e. The Morgan fingerprint density at radius 1 is 1.10 bits per heavy atom. The quantitative estimate of drug-likeness (QED) is 0.436. The molecule has 0 atom stereocenters. The number of piperidine rings is 1. The van der Waals surface area contributed by atoms with Crippen LogP contribution < -0.4 is 16.8 Å². The van der Waals surface area contributed by atoms with Gasteiger partial charge in [-0.1, -0.05) is 6.42 Å². The monoisotopic (exact) mass is 161 g/mol. The molecule has 1 saturated heterocycles. The molecule has 0 spiro atoms. The molecule has 0 amide bonds. The molecule has 1 rings (SSSR count). The van der Waals surface area contributed by atoms with Crippen LogP contribution in [0.4, 0.5) is 0 Å². The number of hydrogen-bond donors (Lipinski definition) is 3. The molecule has 4 heteroatoms. The fourth-order valence-electron chi connectivity index (χ4n) is 0.802. The van der Waals surface area contributed by atoms with Gasteiger partial charge in [-0.25, -0.2) is 0 Å². The van der Waals surface area contributed by atoms with Crippen molar-refractivity contribution >= 4 is 17.3 Å². The minimum atomic E-state index is 0.000000000000000222. The highest BCUT2D eigenvalue weighted by molar-refractivity contribution is 7.80. The van der Waals surface area contributed by atoms with Crippen LogP contribution in [0.1, 0.15) is 19.3 Å². The van der Waals surface area contributed by atoms with Gasteiger partial charge in [0.05, 0.1) is 0 Å². The van der Waals surface area contributed by atoms with Crippen molar-refractivity contribution < 1.29 is 0 Å². The average Bonchev–Trinajstić information content (AvgIpc) is 1.90. The van der Waals surface area contributed by atoms with E-state index in [4.69, 9.17) is 0 Å². The Labute approximate surface area is 67.2 Å². The number of hydrogen-bond acceptors (Lipinski definition) is 2. The first-order valence-corrected chi connectivity index (χ1v) is 3.90. The zero-order valence-corrected chi connectivity index (χ0v) is 6.91. The smallest absolute Gasteiger partial charge is 0.160 e. The Bertz CT molecular complexity index is 75.5. The van der Waals surface area contributed by atoms with Crippen LogP contribution in [0, 0.1) is 0 Å². The predicted octanol–water partition coefficient (Wildman–Crippen LogP) is -0.0514. The molecule has 0 aromatic heterocycles. The molecule has 5 N–H and O–H groups in total. The third kappa shape index (κ3) is 10.6. The Morgan fingerprint density at radius 2 is 1.50 bits per heavy atom. The standard InChI is InChI=1S/C5H11N.CH4N2S/c1-2-4-6-5-3-1;2-1(3)4/h6H,1-5H2;(H4,2,3,4). The van der Waals surface area contributed by atoms with Gasteiger partial charge >= 0.3 is 0 Å². The van der Waals surface area contributed by atoms with Crippen LogP contribution in [0.5, 0.6) is 0 Å². The third-order valence-corrected chi connectivity index (χ3v) is 1.21. The summed E-state index contributed by atoms with van der Waals surface area (Å²) in [6.45, 7) is 2.50. The molecule has 0 aromatic rings. The molecular weight excluding hydrogens is 146 g/mol. The summed E-state index contributed by atoms with van der Waals surface area (Å²) in [5, 5.41) is 3.28. The van der Waals surface area contributed by atoms with E-state index < -0.39 is 0 Å². The van der Waals surface area contributed by atoms with Gasteiger partial charge in [0, 0.05) is 0 Å². The Hall–Kier alpha value is -0.350. The van der Waals surface area contributed by atoms with E-state index in [1.807, 2.05) is 0 Å². The van der Waals surface area contributed by atoms with E-state index in [2.05, 4.69) is 29.0 Å². The van der Waals surface area contributed by atoms with Gasteiger partial charge in [-0.15, -0.1) is 0 Å². The van der Waals surface area contributed by atoms with Crippen molar-refractivity contribution in [2.24, 2.45) is 11.5 Å². The van der Waals surface area contributed by atoms with E-state index in [-0.39, 0.29) is 5.11 Å². The number of rotatable bonds is 0. The second-order valence-corrected chi connectivity index (χ2v) is 2.68. The summed E-state index contributed by atoms with van der Waals surface area (Å²) in [6, 6.07) is 0. The van der Waals surface area contributed by atoms with Crippen molar-refractivity contribution in [3.8, 4) is 0 Å². The minimum absolute atomic E-state index is 0.000000000000000222. The zero-order valence-electron chi connectivity index (χ0n) is 6.10. The second kappa shape index (κ2) is 6.77. The highest BCUT2D eigenvalue weighted by atomic mass is 32.1. The van der Waals surface area contributed by atoms with E-state index in [0.717, 1.165) is 0 Å². The molecule has 1 fully saturated rings. The Morgan fingerprint density at radius 3 is 1.60 bits per heavy atom. The average molecular weight is 161 g/mol. The SMILES string of the molecule is C1CCNCC1.NC(N)=S. The lowest BCUT2D eigenvalue weighted by Crippen LogP contribution is -2.21. The lowest BCUT2D eigenvalue weighted by molar-refractivity contribution is 0.520. The molecule has 0 saturated carbocycles. The summed E-state index contributed by atoms with van der Waals surface area (Å²) in [7, 11) is 0. The Balaban J connectivity index is 0.000000180. The molecule has 0 radical (unpaired) electrons. The summed E-state index contributed by atoms with van der Waals surface area (Å²) >= 11 is 4.09. The van der Waals surface area contributed by atoms with Crippen LogP contribution in [-0.2, 0) is 0 Å². The van der Waals surface area contributed by atoms with Gasteiger partial charge in [-0.05, 0) is 38.1 Å². The topological polar surface area (TPSA) is 64.1 Å². The Kier molecular flexibility index (Phi) is 6.53. The van der Waals surface area contributed by atoms with Crippen LogP contribution in [0.3, 0.4) is 0 Å². The summed E-state index contributed by atoms with van der Waals surface area (Å²) in [6.07, 6.45) is 4.22. The van der Waals surface area contributed by atoms with Crippen LogP contribution in [0.25, 0.3) is 0 Å². The fourth-order valence-corrected chi connectivity index (χ4v) is 0.802. The first kappa shape index (κ1) is 9.65. The molecule has 0 aliphatic carbocycles. The highest BCUT2D eigenvalue weighted by Crippen LogP contribution is 1.96. The molecule has 0 unspecified atom stereocenters. The maximum Gasteiger partial charge on any atom is 0.160 e. The third-order valence-electron chi connectivity index (χ3n) is 1.21. The summed E-state index contributed by atoms with van der Waals surface area (Å²) < 4.78 is 0. The normalized spacial score (nSPS) is 16.8. The van der Waals surface area contributed by atoms with Crippen molar-refractivity contribution in [2.45, 2.75) is 19.3 Å². The van der Waals surface area contributed by atoms with Crippen LogP contribution in [0.2, 0.25) is 0 Å². The second-order valence-electron chi connectivity index (χ2n) is 2.21. The molecule has 1 aliphatic heterocycles. The van der Waals surface area contributed by atoms with E-state index in [0.29, 0.717) is 0 Å². The van der Waals surface area contributed by atoms with E-state index in [9.17, 15) is 0 Å². The van der Waals surface area contributed by atoms with Crippen LogP contribution in [-0.4, -0.2) is 18.2 Å². The zero-order chi connectivity index (χ0) is 7.82. The van der Waals surface area contributed by atoms with Crippen molar-refractivity contribution in [1.29, 1.82) is 0 Å². The molecule has 60 valence electrons. The van der Waals surface area contributed by atoms with Gasteiger partial charge in [0.25, 0.3) is 0 Å². The van der Waals surface area contributed by atoms with E-state index >= 15 is 0 Å². The van der Waals surface area contributed by atoms with Gasteiger partial charge in [0.15, 0.2) is 5.11 Å². The molecule has 1 heterocycles. The van der Waals surface area contributed by atoms with Gasteiger partial charge in [0.2, 0.25) is 0 Å². The van der Waals surface area contributed by atoms with Gasteiger partial charge in [-0.2, -0.15) is 0 Å². The van der Waals surface area contributed by atoms with Crippen LogP contribution >= 0.6 is 12.2 Å². The molecule has 0 bridgehead atoms. The van der Waals surface area contributed by atoms with Gasteiger partial charge < -0.3 is 16.8 Å². The summed E-state index contributed by atoms with van der Waals surface area (Å²) in [5.74, 6) is 0. The number of nitrogens with one attached hydrogen (secondary N) is 1. The lowest BCUT2D eigenvalue weighted by atomic mass is 10.2. The van der Waals surface area contributed by atoms with Crippen LogP contribution in [0.15, 0.2) is 0 Å². The fraction of sp³-hybridized carbons (Fsp3) is 0.833. The molecule has 0 aromatic carbocycles. The highest BCUT2D eigenvalue weighted by Gasteiger charge is 1.93.